The second kappa shape index (κ2) is 6.57. The Kier molecular flexibility index (Phi) is 4.80. The SMILES string of the molecule is CCn1ccnc1CC(=O)CSc1ccc(C)cc1. The summed E-state index contributed by atoms with van der Waals surface area (Å²) >= 11 is 1.59. The van der Waals surface area contributed by atoms with E-state index < -0.39 is 0 Å². The van der Waals surface area contributed by atoms with Crippen LogP contribution in [-0.4, -0.2) is 21.1 Å². The molecule has 2 rings (SSSR count). The van der Waals surface area contributed by atoms with Crippen molar-refractivity contribution in [3.8, 4) is 0 Å². The molecule has 1 heterocycles. The average molecular weight is 274 g/mol. The standard InChI is InChI=1S/C15H18N2OS/c1-3-17-9-8-16-15(17)10-13(18)11-19-14-6-4-12(2)5-7-14/h4-9H,3,10-11H2,1-2H3. The van der Waals surface area contributed by atoms with Gasteiger partial charge in [0.15, 0.2) is 5.78 Å². The molecular formula is C15H18N2OS. The molecule has 0 fully saturated rings. The number of rotatable bonds is 6. The molecule has 4 heteroatoms. The van der Waals surface area contributed by atoms with Gasteiger partial charge in [-0.05, 0) is 26.0 Å². The minimum atomic E-state index is 0.214. The lowest BCUT2D eigenvalue weighted by molar-refractivity contribution is -0.116. The Morgan fingerprint density at radius 2 is 2.05 bits per heavy atom. The zero-order chi connectivity index (χ0) is 13.7. The summed E-state index contributed by atoms with van der Waals surface area (Å²) in [6, 6.07) is 8.24. The third kappa shape index (κ3) is 3.96. The molecule has 100 valence electrons. The van der Waals surface area contributed by atoms with E-state index in [0.29, 0.717) is 12.2 Å². The Balaban J connectivity index is 1.86. The molecule has 1 aromatic heterocycles. The zero-order valence-corrected chi connectivity index (χ0v) is 12.1. The molecule has 0 aliphatic heterocycles. The number of carbonyl (C=O) groups is 1. The van der Waals surface area contributed by atoms with Crippen molar-refractivity contribution in [1.82, 2.24) is 9.55 Å². The van der Waals surface area contributed by atoms with Crippen LogP contribution >= 0.6 is 11.8 Å². The third-order valence-corrected chi connectivity index (χ3v) is 3.99. The van der Waals surface area contributed by atoms with Crippen molar-refractivity contribution >= 4 is 17.5 Å². The summed E-state index contributed by atoms with van der Waals surface area (Å²) in [5.41, 5.74) is 1.24. The smallest absolute Gasteiger partial charge is 0.150 e. The summed E-state index contributed by atoms with van der Waals surface area (Å²) < 4.78 is 2.01. The molecule has 0 N–H and O–H groups in total. The van der Waals surface area contributed by atoms with E-state index in [1.807, 2.05) is 10.8 Å². The van der Waals surface area contributed by atoms with Gasteiger partial charge in [0, 0.05) is 23.8 Å². The Morgan fingerprint density at radius 1 is 1.32 bits per heavy atom. The van der Waals surface area contributed by atoms with Gasteiger partial charge in [0.1, 0.15) is 5.82 Å². The first-order valence-electron chi connectivity index (χ1n) is 6.40. The first-order chi connectivity index (χ1) is 9.19. The van der Waals surface area contributed by atoms with E-state index in [0.717, 1.165) is 17.3 Å². The maximum absolute atomic E-state index is 11.9. The van der Waals surface area contributed by atoms with Crippen LogP contribution in [0, 0.1) is 6.92 Å². The molecule has 0 aliphatic carbocycles. The molecule has 0 radical (unpaired) electrons. The number of aryl methyl sites for hydroxylation is 2. The van der Waals surface area contributed by atoms with Gasteiger partial charge < -0.3 is 4.57 Å². The zero-order valence-electron chi connectivity index (χ0n) is 11.3. The fourth-order valence-electron chi connectivity index (χ4n) is 1.82. The van der Waals surface area contributed by atoms with Crippen molar-refractivity contribution in [1.29, 1.82) is 0 Å². The van der Waals surface area contributed by atoms with E-state index in [1.54, 1.807) is 18.0 Å². The maximum Gasteiger partial charge on any atom is 0.150 e. The fraction of sp³-hybridized carbons (Fsp3) is 0.333. The van der Waals surface area contributed by atoms with Crippen molar-refractivity contribution < 1.29 is 4.79 Å². The van der Waals surface area contributed by atoms with Crippen molar-refractivity contribution in [3.05, 3.63) is 48.0 Å². The molecule has 19 heavy (non-hydrogen) atoms. The lowest BCUT2D eigenvalue weighted by Gasteiger charge is -2.04. The van der Waals surface area contributed by atoms with Gasteiger partial charge in [-0.25, -0.2) is 4.98 Å². The molecule has 0 bridgehead atoms. The second-order valence-corrected chi connectivity index (χ2v) is 5.50. The molecule has 0 amide bonds. The molecule has 0 saturated carbocycles. The molecule has 0 atom stereocenters. The van der Waals surface area contributed by atoms with Gasteiger partial charge in [-0.3, -0.25) is 4.79 Å². The molecule has 2 aromatic rings. The summed E-state index contributed by atoms with van der Waals surface area (Å²) in [6.07, 6.45) is 4.08. The van der Waals surface area contributed by atoms with Gasteiger partial charge in [-0.15, -0.1) is 11.8 Å². The van der Waals surface area contributed by atoms with E-state index in [-0.39, 0.29) is 5.78 Å². The van der Waals surface area contributed by atoms with Crippen LogP contribution in [0.1, 0.15) is 18.3 Å². The Hall–Kier alpha value is -1.55. The van der Waals surface area contributed by atoms with E-state index in [4.69, 9.17) is 0 Å². The fourth-order valence-corrected chi connectivity index (χ4v) is 2.58. The number of ketones is 1. The average Bonchev–Trinajstić information content (AvgIpc) is 2.85. The predicted octanol–water partition coefficient (Wildman–Crippen LogP) is 3.12. The maximum atomic E-state index is 11.9. The van der Waals surface area contributed by atoms with Crippen molar-refractivity contribution in [3.63, 3.8) is 0 Å². The molecule has 0 aliphatic rings. The number of benzene rings is 1. The van der Waals surface area contributed by atoms with Crippen LogP contribution < -0.4 is 0 Å². The molecule has 1 aromatic carbocycles. The van der Waals surface area contributed by atoms with Gasteiger partial charge in [0.25, 0.3) is 0 Å². The van der Waals surface area contributed by atoms with Gasteiger partial charge in [-0.2, -0.15) is 0 Å². The van der Waals surface area contributed by atoms with Crippen LogP contribution in [0.4, 0.5) is 0 Å². The summed E-state index contributed by atoms with van der Waals surface area (Å²) in [5, 5.41) is 0. The summed E-state index contributed by atoms with van der Waals surface area (Å²) in [6.45, 7) is 4.97. The highest BCUT2D eigenvalue weighted by Crippen LogP contribution is 2.18. The van der Waals surface area contributed by atoms with E-state index in [2.05, 4.69) is 43.1 Å². The first-order valence-corrected chi connectivity index (χ1v) is 7.38. The monoisotopic (exact) mass is 274 g/mol. The minimum Gasteiger partial charge on any atom is -0.335 e. The van der Waals surface area contributed by atoms with Gasteiger partial charge in [-0.1, -0.05) is 17.7 Å². The number of hydrogen-bond acceptors (Lipinski definition) is 3. The summed E-state index contributed by atoms with van der Waals surface area (Å²) in [4.78, 5) is 17.3. The largest absolute Gasteiger partial charge is 0.335 e. The molecule has 0 unspecified atom stereocenters. The highest BCUT2D eigenvalue weighted by atomic mass is 32.2. The Bertz CT molecular complexity index is 546. The predicted molar refractivity (Wildman–Crippen MR) is 78.5 cm³/mol. The summed E-state index contributed by atoms with van der Waals surface area (Å²) in [7, 11) is 0. The van der Waals surface area contributed by atoms with Crippen molar-refractivity contribution in [2.75, 3.05) is 5.75 Å². The molecular weight excluding hydrogens is 256 g/mol. The van der Waals surface area contributed by atoms with Crippen LogP contribution in [-0.2, 0) is 17.8 Å². The lowest BCUT2D eigenvalue weighted by atomic mass is 10.2. The highest BCUT2D eigenvalue weighted by molar-refractivity contribution is 8.00. The number of imidazole rings is 1. The number of thioether (sulfide) groups is 1. The number of aromatic nitrogens is 2. The number of Topliss-reactive ketones (excluding diaryl/α,β-unsaturated/α-hetero) is 1. The van der Waals surface area contributed by atoms with Gasteiger partial charge in [0.05, 0.1) is 12.2 Å². The van der Waals surface area contributed by atoms with Gasteiger partial charge >= 0.3 is 0 Å². The van der Waals surface area contributed by atoms with Crippen LogP contribution in [0.15, 0.2) is 41.6 Å². The third-order valence-electron chi connectivity index (χ3n) is 2.92. The lowest BCUT2D eigenvalue weighted by Crippen LogP contribution is -2.11. The molecule has 3 nitrogen and oxygen atoms in total. The van der Waals surface area contributed by atoms with Crippen molar-refractivity contribution in [2.45, 2.75) is 31.7 Å². The Labute approximate surface area is 118 Å². The second-order valence-electron chi connectivity index (χ2n) is 4.45. The van der Waals surface area contributed by atoms with Crippen LogP contribution in [0.5, 0.6) is 0 Å². The van der Waals surface area contributed by atoms with E-state index in [1.165, 1.54) is 5.56 Å². The highest BCUT2D eigenvalue weighted by Gasteiger charge is 2.09. The number of hydrogen-bond donors (Lipinski definition) is 0. The molecule has 0 spiro atoms. The minimum absolute atomic E-state index is 0.214. The van der Waals surface area contributed by atoms with Crippen molar-refractivity contribution in [2.24, 2.45) is 0 Å². The number of carbonyl (C=O) groups excluding carboxylic acids is 1. The molecule has 0 saturated heterocycles. The number of nitrogens with zero attached hydrogens (tertiary/aromatic N) is 2. The quantitative estimate of drug-likeness (QED) is 0.759. The van der Waals surface area contributed by atoms with Gasteiger partial charge in [0.2, 0.25) is 0 Å². The van der Waals surface area contributed by atoms with E-state index in [9.17, 15) is 4.79 Å². The topological polar surface area (TPSA) is 34.9 Å². The Morgan fingerprint density at radius 3 is 2.74 bits per heavy atom. The summed E-state index contributed by atoms with van der Waals surface area (Å²) in [5.74, 6) is 1.57. The first kappa shape index (κ1) is 13.9. The van der Waals surface area contributed by atoms with Crippen LogP contribution in [0.2, 0.25) is 0 Å². The van der Waals surface area contributed by atoms with Crippen LogP contribution in [0.25, 0.3) is 0 Å². The van der Waals surface area contributed by atoms with Crippen LogP contribution in [0.3, 0.4) is 0 Å². The van der Waals surface area contributed by atoms with E-state index >= 15 is 0 Å². The normalized spacial score (nSPS) is 10.6.